The molecule has 2 aromatic heterocycles. The standard InChI is InChI=1S/C20H20Cl2N5O5/c1-4-26-13(10-25-11-23-20(24-25)27(30)31-3)9-16(28)17(19(29)32-5-2)18(26)12-6-7-14(21)15(22)8-12/h6-9,11H,4-5,10H2,1-3H3/q-1. The quantitative estimate of drug-likeness (QED) is 0.355. The number of esters is 1. The number of carbonyl (C=O) groups is 1. The molecule has 0 aliphatic carbocycles. The van der Waals surface area contributed by atoms with Crippen LogP contribution < -0.4 is 10.7 Å². The lowest BCUT2D eigenvalue weighted by atomic mass is 10.0. The Morgan fingerprint density at radius 2 is 1.97 bits per heavy atom. The zero-order chi connectivity index (χ0) is 23.4. The van der Waals surface area contributed by atoms with Crippen LogP contribution in [0, 0.1) is 5.21 Å². The summed E-state index contributed by atoms with van der Waals surface area (Å²) in [5.74, 6) is -0.928. The van der Waals surface area contributed by atoms with Crippen molar-refractivity contribution in [3.63, 3.8) is 0 Å². The molecule has 0 saturated carbocycles. The van der Waals surface area contributed by atoms with E-state index in [0.717, 1.165) is 0 Å². The van der Waals surface area contributed by atoms with E-state index in [0.29, 0.717) is 28.5 Å². The average Bonchev–Trinajstić information content (AvgIpc) is 3.23. The maximum Gasteiger partial charge on any atom is 0.344 e. The summed E-state index contributed by atoms with van der Waals surface area (Å²) in [6.45, 7) is 4.14. The van der Waals surface area contributed by atoms with E-state index in [1.165, 1.54) is 24.2 Å². The SMILES string of the molecule is CCOC(=O)c1c(-c2ccc(Cl)c(Cl)c2)n(CC)c(Cn2cnc(N([O-])OC)n2)cc1=O. The first-order valence-corrected chi connectivity index (χ1v) is 10.4. The number of rotatable bonds is 8. The Morgan fingerprint density at radius 1 is 1.22 bits per heavy atom. The predicted octanol–water partition coefficient (Wildman–Crippen LogP) is 3.52. The average molecular weight is 481 g/mol. The molecule has 0 bridgehead atoms. The molecule has 0 saturated heterocycles. The molecule has 32 heavy (non-hydrogen) atoms. The summed E-state index contributed by atoms with van der Waals surface area (Å²) < 4.78 is 8.29. The third kappa shape index (κ3) is 4.78. The Balaban J connectivity index is 2.20. The van der Waals surface area contributed by atoms with Crippen molar-refractivity contribution in [2.75, 3.05) is 18.9 Å². The van der Waals surface area contributed by atoms with Crippen LogP contribution in [-0.4, -0.2) is 39.0 Å². The summed E-state index contributed by atoms with van der Waals surface area (Å²) in [4.78, 5) is 34.1. The van der Waals surface area contributed by atoms with E-state index < -0.39 is 11.4 Å². The molecule has 10 nitrogen and oxygen atoms in total. The molecular weight excluding hydrogens is 461 g/mol. The molecule has 3 aromatic rings. The van der Waals surface area contributed by atoms with Crippen molar-refractivity contribution >= 4 is 35.1 Å². The van der Waals surface area contributed by atoms with Crippen molar-refractivity contribution in [3.05, 3.63) is 67.3 Å². The molecule has 0 atom stereocenters. The highest BCUT2D eigenvalue weighted by molar-refractivity contribution is 6.42. The summed E-state index contributed by atoms with van der Waals surface area (Å²) in [6.07, 6.45) is 1.34. The van der Waals surface area contributed by atoms with Gasteiger partial charge in [0.1, 0.15) is 11.9 Å². The van der Waals surface area contributed by atoms with Crippen molar-refractivity contribution in [3.8, 4) is 11.3 Å². The molecular formula is C20H20Cl2N5O5-. The summed E-state index contributed by atoms with van der Waals surface area (Å²) >= 11 is 12.3. The van der Waals surface area contributed by atoms with Gasteiger partial charge in [-0.2, -0.15) is 4.98 Å². The normalized spacial score (nSPS) is 10.9. The van der Waals surface area contributed by atoms with E-state index in [9.17, 15) is 14.8 Å². The number of nitrogens with zero attached hydrogens (tertiary/aromatic N) is 5. The van der Waals surface area contributed by atoms with Crippen molar-refractivity contribution in [1.29, 1.82) is 0 Å². The lowest BCUT2D eigenvalue weighted by Gasteiger charge is -2.22. The van der Waals surface area contributed by atoms with Crippen LogP contribution in [0.3, 0.4) is 0 Å². The van der Waals surface area contributed by atoms with Crippen LogP contribution in [0.5, 0.6) is 0 Å². The summed E-state index contributed by atoms with van der Waals surface area (Å²) in [5, 5.41) is 16.4. The van der Waals surface area contributed by atoms with Crippen LogP contribution in [0.1, 0.15) is 29.9 Å². The number of hydrogen-bond acceptors (Lipinski definition) is 8. The van der Waals surface area contributed by atoms with Gasteiger partial charge in [0.2, 0.25) is 0 Å². The number of aromatic nitrogens is 4. The van der Waals surface area contributed by atoms with Crippen molar-refractivity contribution in [1.82, 2.24) is 19.3 Å². The minimum absolute atomic E-state index is 0.102. The summed E-state index contributed by atoms with van der Waals surface area (Å²) in [6, 6.07) is 6.17. The first kappa shape index (κ1) is 23.7. The molecule has 3 rings (SSSR count). The summed E-state index contributed by atoms with van der Waals surface area (Å²) in [5.41, 5.74) is 0.757. The highest BCUT2D eigenvalue weighted by Crippen LogP contribution is 2.31. The number of carbonyl (C=O) groups excluding carboxylic acids is 1. The minimum atomic E-state index is -0.738. The number of halogens is 2. The number of benzene rings is 1. The maximum absolute atomic E-state index is 13.0. The lowest BCUT2D eigenvalue weighted by Crippen LogP contribution is -2.26. The molecule has 0 aliphatic rings. The van der Waals surface area contributed by atoms with Crippen LogP contribution in [0.4, 0.5) is 5.95 Å². The van der Waals surface area contributed by atoms with Crippen molar-refractivity contribution < 1.29 is 14.4 Å². The third-order valence-corrected chi connectivity index (χ3v) is 5.30. The maximum atomic E-state index is 13.0. The third-order valence-electron chi connectivity index (χ3n) is 4.56. The van der Waals surface area contributed by atoms with Gasteiger partial charge in [0.15, 0.2) is 5.43 Å². The number of anilines is 1. The van der Waals surface area contributed by atoms with Gasteiger partial charge in [-0.3, -0.25) is 14.9 Å². The number of hydrogen-bond donors (Lipinski definition) is 0. The molecule has 0 fully saturated rings. The lowest BCUT2D eigenvalue weighted by molar-refractivity contribution is 0.0525. The van der Waals surface area contributed by atoms with E-state index in [1.54, 1.807) is 29.7 Å². The molecule has 0 radical (unpaired) electrons. The van der Waals surface area contributed by atoms with E-state index in [-0.39, 0.29) is 34.9 Å². The van der Waals surface area contributed by atoms with Crippen LogP contribution >= 0.6 is 23.2 Å². The fourth-order valence-electron chi connectivity index (χ4n) is 3.23. The Bertz CT molecular complexity index is 1190. The van der Waals surface area contributed by atoms with Gasteiger partial charge in [-0.15, -0.1) is 5.10 Å². The zero-order valence-electron chi connectivity index (χ0n) is 17.5. The van der Waals surface area contributed by atoms with Gasteiger partial charge in [0, 0.05) is 23.9 Å². The molecule has 2 heterocycles. The minimum Gasteiger partial charge on any atom is -0.731 e. The van der Waals surface area contributed by atoms with E-state index in [4.69, 9.17) is 27.9 Å². The first-order chi connectivity index (χ1) is 15.3. The van der Waals surface area contributed by atoms with Crippen molar-refractivity contribution in [2.45, 2.75) is 26.9 Å². The Labute approximate surface area is 193 Å². The van der Waals surface area contributed by atoms with Gasteiger partial charge in [0.05, 0.1) is 36.0 Å². The van der Waals surface area contributed by atoms with Gasteiger partial charge in [-0.1, -0.05) is 29.3 Å². The molecule has 0 aliphatic heterocycles. The molecule has 0 spiro atoms. The number of ether oxygens (including phenoxy) is 1. The van der Waals surface area contributed by atoms with Gasteiger partial charge >= 0.3 is 5.97 Å². The van der Waals surface area contributed by atoms with E-state index >= 15 is 0 Å². The van der Waals surface area contributed by atoms with E-state index in [2.05, 4.69) is 14.9 Å². The second-order valence-corrected chi connectivity index (χ2v) is 7.31. The van der Waals surface area contributed by atoms with Gasteiger partial charge in [0.25, 0.3) is 5.95 Å². The van der Waals surface area contributed by atoms with Gasteiger partial charge < -0.3 is 14.5 Å². The Kier molecular flexibility index (Phi) is 7.52. The molecule has 0 amide bonds. The first-order valence-electron chi connectivity index (χ1n) is 9.60. The fourth-order valence-corrected chi connectivity index (χ4v) is 3.52. The highest BCUT2D eigenvalue weighted by atomic mass is 35.5. The fraction of sp³-hybridized carbons (Fsp3) is 0.300. The second-order valence-electron chi connectivity index (χ2n) is 6.50. The predicted molar refractivity (Wildman–Crippen MR) is 120 cm³/mol. The topological polar surface area (TPSA) is 115 Å². The summed E-state index contributed by atoms with van der Waals surface area (Å²) in [7, 11) is 1.19. The van der Waals surface area contributed by atoms with E-state index in [1.807, 2.05) is 6.92 Å². The van der Waals surface area contributed by atoms with Gasteiger partial charge in [-0.05, 0) is 26.0 Å². The van der Waals surface area contributed by atoms with Crippen LogP contribution in [0.2, 0.25) is 10.0 Å². The highest BCUT2D eigenvalue weighted by Gasteiger charge is 2.24. The second kappa shape index (κ2) is 10.1. The van der Waals surface area contributed by atoms with Crippen LogP contribution in [0.25, 0.3) is 11.3 Å². The van der Waals surface area contributed by atoms with Crippen LogP contribution in [-0.2, 0) is 22.7 Å². The largest absolute Gasteiger partial charge is 0.731 e. The monoisotopic (exact) mass is 480 g/mol. The smallest absolute Gasteiger partial charge is 0.344 e. The number of pyridine rings is 1. The molecule has 12 heteroatoms. The molecule has 1 aromatic carbocycles. The van der Waals surface area contributed by atoms with Gasteiger partial charge in [-0.25, -0.2) is 9.48 Å². The zero-order valence-corrected chi connectivity index (χ0v) is 19.1. The molecule has 170 valence electrons. The Morgan fingerprint density at radius 3 is 2.59 bits per heavy atom. The molecule has 0 unspecified atom stereocenters. The van der Waals surface area contributed by atoms with Crippen molar-refractivity contribution in [2.24, 2.45) is 0 Å². The molecule has 0 N–H and O–H groups in total. The Hall–Kier alpha value is -2.92. The van der Waals surface area contributed by atoms with Crippen LogP contribution in [0.15, 0.2) is 35.4 Å².